The number of hydrogen-bond acceptors (Lipinski definition) is 3. The summed E-state index contributed by atoms with van der Waals surface area (Å²) in [6.07, 6.45) is 0. The molecule has 0 heterocycles. The van der Waals surface area contributed by atoms with Crippen molar-refractivity contribution in [3.05, 3.63) is 70.8 Å². The number of hydrogen-bond donors (Lipinski definition) is 3. The second kappa shape index (κ2) is 10.2. The van der Waals surface area contributed by atoms with Crippen LogP contribution < -0.4 is 15.4 Å². The van der Waals surface area contributed by atoms with E-state index in [1.807, 2.05) is 44.2 Å². The number of rotatable bonds is 8. The maximum Gasteiger partial charge on any atom is 0.216 e. The molecule has 0 bridgehead atoms. The molecule has 0 aliphatic heterocycles. The molecule has 7 heteroatoms. The summed E-state index contributed by atoms with van der Waals surface area (Å²) >= 11 is 0. The predicted molar refractivity (Wildman–Crippen MR) is 116 cm³/mol. The van der Waals surface area contributed by atoms with Gasteiger partial charge in [0.2, 0.25) is 10.0 Å². The Labute approximate surface area is 168 Å². The summed E-state index contributed by atoms with van der Waals surface area (Å²) in [4.78, 5) is 4.24. The van der Waals surface area contributed by atoms with E-state index in [0.717, 1.165) is 11.1 Å². The largest absolute Gasteiger partial charge is 0.352 e. The third-order valence-corrected chi connectivity index (χ3v) is 5.56. The van der Waals surface area contributed by atoms with Crippen LogP contribution in [0.5, 0.6) is 0 Å². The summed E-state index contributed by atoms with van der Waals surface area (Å²) in [5.74, 6) is 0.702. The Morgan fingerprint density at radius 1 is 0.964 bits per heavy atom. The molecule has 152 valence electrons. The molecule has 0 radical (unpaired) electrons. The molecule has 0 aromatic heterocycles. The van der Waals surface area contributed by atoms with Crippen molar-refractivity contribution in [1.82, 2.24) is 15.4 Å². The molecule has 0 fully saturated rings. The maximum atomic E-state index is 12.0. The first-order chi connectivity index (χ1) is 13.3. The summed E-state index contributed by atoms with van der Waals surface area (Å²) < 4.78 is 26.6. The average Bonchev–Trinajstić information content (AvgIpc) is 2.62. The molecule has 0 aliphatic rings. The molecule has 28 heavy (non-hydrogen) atoms. The topological polar surface area (TPSA) is 82.6 Å². The van der Waals surface area contributed by atoms with E-state index in [0.29, 0.717) is 19.0 Å². The molecule has 0 amide bonds. The Morgan fingerprint density at radius 2 is 1.57 bits per heavy atom. The zero-order valence-corrected chi connectivity index (χ0v) is 17.8. The molecule has 0 saturated carbocycles. The second-order valence-electron chi connectivity index (χ2n) is 7.12. The fourth-order valence-electron chi connectivity index (χ4n) is 2.79. The molecule has 6 nitrogen and oxygen atoms in total. The van der Waals surface area contributed by atoms with Gasteiger partial charge in [-0.25, -0.2) is 13.1 Å². The van der Waals surface area contributed by atoms with Gasteiger partial charge < -0.3 is 10.6 Å². The monoisotopic (exact) mass is 402 g/mol. The normalized spacial score (nSPS) is 12.2. The van der Waals surface area contributed by atoms with E-state index in [1.54, 1.807) is 7.05 Å². The third-order valence-electron chi connectivity index (χ3n) is 4.02. The molecule has 0 atom stereocenters. The van der Waals surface area contributed by atoms with Crippen LogP contribution in [0.2, 0.25) is 0 Å². The van der Waals surface area contributed by atoms with Crippen LogP contribution in [0.3, 0.4) is 0 Å². The summed E-state index contributed by atoms with van der Waals surface area (Å²) in [6.45, 7) is 6.99. The highest BCUT2D eigenvalue weighted by Gasteiger charge is 2.12. The lowest BCUT2D eigenvalue weighted by Gasteiger charge is -2.13. The van der Waals surface area contributed by atoms with Gasteiger partial charge in [-0.2, -0.15) is 0 Å². The molecule has 3 N–H and O–H groups in total. The van der Waals surface area contributed by atoms with Gasteiger partial charge in [-0.1, -0.05) is 54.1 Å². The Bertz CT molecular complexity index is 891. The van der Waals surface area contributed by atoms with Gasteiger partial charge in [0.15, 0.2) is 5.96 Å². The van der Waals surface area contributed by atoms with Gasteiger partial charge in [-0.3, -0.25) is 4.99 Å². The van der Waals surface area contributed by atoms with Crippen LogP contribution in [-0.2, 0) is 28.9 Å². The standard InChI is InChI=1S/C21H30N4O2S/c1-16(2)25-28(26,27)15-19-10-8-18(9-11-19)13-23-21(22-4)24-14-20-7-5-6-17(3)12-20/h5-12,16,25H,13-15H2,1-4H3,(H2,22,23,24). The quantitative estimate of drug-likeness (QED) is 0.468. The minimum Gasteiger partial charge on any atom is -0.352 e. The van der Waals surface area contributed by atoms with Crippen molar-refractivity contribution in [2.45, 2.75) is 45.7 Å². The predicted octanol–water partition coefficient (Wildman–Crippen LogP) is 2.69. The van der Waals surface area contributed by atoms with E-state index in [4.69, 9.17) is 0 Å². The number of nitrogens with one attached hydrogen (secondary N) is 3. The molecular formula is C21H30N4O2S. The van der Waals surface area contributed by atoms with Crippen LogP contribution in [-0.4, -0.2) is 27.5 Å². The van der Waals surface area contributed by atoms with E-state index in [-0.39, 0.29) is 11.8 Å². The Morgan fingerprint density at radius 3 is 2.14 bits per heavy atom. The first kappa shape index (κ1) is 21.9. The van der Waals surface area contributed by atoms with E-state index in [9.17, 15) is 8.42 Å². The van der Waals surface area contributed by atoms with Gasteiger partial charge in [0.1, 0.15) is 0 Å². The first-order valence-electron chi connectivity index (χ1n) is 9.35. The summed E-state index contributed by atoms with van der Waals surface area (Å²) in [7, 11) is -1.57. The zero-order chi connectivity index (χ0) is 20.6. The van der Waals surface area contributed by atoms with Crippen LogP contribution in [0.15, 0.2) is 53.5 Å². The van der Waals surface area contributed by atoms with E-state index >= 15 is 0 Å². The van der Waals surface area contributed by atoms with E-state index in [1.165, 1.54) is 11.1 Å². The highest BCUT2D eigenvalue weighted by Crippen LogP contribution is 2.08. The van der Waals surface area contributed by atoms with Crippen molar-refractivity contribution in [3.8, 4) is 0 Å². The fraction of sp³-hybridized carbons (Fsp3) is 0.381. The summed E-state index contributed by atoms with van der Waals surface area (Å²) in [5.41, 5.74) is 4.24. The van der Waals surface area contributed by atoms with Gasteiger partial charge in [0.05, 0.1) is 5.75 Å². The smallest absolute Gasteiger partial charge is 0.216 e. The molecule has 0 aliphatic carbocycles. The van der Waals surface area contributed by atoms with Crippen molar-refractivity contribution in [3.63, 3.8) is 0 Å². The fourth-order valence-corrected chi connectivity index (χ4v) is 4.22. The van der Waals surface area contributed by atoms with Crippen LogP contribution in [0.1, 0.15) is 36.1 Å². The highest BCUT2D eigenvalue weighted by atomic mass is 32.2. The number of sulfonamides is 1. The summed E-state index contributed by atoms with van der Waals surface area (Å²) in [5, 5.41) is 6.57. The van der Waals surface area contributed by atoms with E-state index in [2.05, 4.69) is 45.5 Å². The minimum atomic E-state index is -3.31. The third kappa shape index (κ3) is 7.70. The lowest BCUT2D eigenvalue weighted by Crippen LogP contribution is -2.36. The lowest BCUT2D eigenvalue weighted by molar-refractivity contribution is 0.569. The zero-order valence-electron chi connectivity index (χ0n) is 17.0. The van der Waals surface area contributed by atoms with Gasteiger partial charge in [-0.15, -0.1) is 0 Å². The highest BCUT2D eigenvalue weighted by molar-refractivity contribution is 7.88. The summed E-state index contributed by atoms with van der Waals surface area (Å²) in [6, 6.07) is 15.8. The molecule has 2 aromatic carbocycles. The van der Waals surface area contributed by atoms with Crippen molar-refractivity contribution in [2.24, 2.45) is 4.99 Å². The van der Waals surface area contributed by atoms with E-state index < -0.39 is 10.0 Å². The maximum absolute atomic E-state index is 12.0. The SMILES string of the molecule is CN=C(NCc1ccc(CS(=O)(=O)NC(C)C)cc1)NCc1cccc(C)c1. The molecule has 0 spiro atoms. The molecule has 0 saturated heterocycles. The van der Waals surface area contributed by atoms with Crippen LogP contribution >= 0.6 is 0 Å². The first-order valence-corrected chi connectivity index (χ1v) is 11.0. The van der Waals surface area contributed by atoms with Gasteiger partial charge in [0, 0.05) is 26.2 Å². The minimum absolute atomic E-state index is 0.0153. The number of aliphatic imine (C=N–C) groups is 1. The molecular weight excluding hydrogens is 372 g/mol. The van der Waals surface area contributed by atoms with Crippen molar-refractivity contribution in [2.75, 3.05) is 7.05 Å². The Kier molecular flexibility index (Phi) is 8.02. The van der Waals surface area contributed by atoms with Gasteiger partial charge in [-0.05, 0) is 37.5 Å². The number of nitrogens with zero attached hydrogens (tertiary/aromatic N) is 1. The Balaban J connectivity index is 1.86. The molecule has 2 rings (SSSR count). The van der Waals surface area contributed by atoms with Gasteiger partial charge in [0.25, 0.3) is 0 Å². The van der Waals surface area contributed by atoms with Crippen molar-refractivity contribution < 1.29 is 8.42 Å². The second-order valence-corrected chi connectivity index (χ2v) is 8.87. The lowest BCUT2D eigenvalue weighted by atomic mass is 10.1. The van der Waals surface area contributed by atoms with Crippen molar-refractivity contribution >= 4 is 16.0 Å². The van der Waals surface area contributed by atoms with Crippen LogP contribution in [0.4, 0.5) is 0 Å². The molecule has 2 aromatic rings. The number of aryl methyl sites for hydroxylation is 1. The van der Waals surface area contributed by atoms with Crippen LogP contribution in [0.25, 0.3) is 0 Å². The van der Waals surface area contributed by atoms with Crippen LogP contribution in [0, 0.1) is 6.92 Å². The molecule has 0 unspecified atom stereocenters. The van der Waals surface area contributed by atoms with Crippen molar-refractivity contribution in [1.29, 1.82) is 0 Å². The Hall–Kier alpha value is -2.38. The average molecular weight is 403 g/mol. The number of benzene rings is 2. The van der Waals surface area contributed by atoms with Gasteiger partial charge >= 0.3 is 0 Å². The number of guanidine groups is 1.